The van der Waals surface area contributed by atoms with Gasteiger partial charge in [-0.05, 0) is 80.1 Å². The van der Waals surface area contributed by atoms with Gasteiger partial charge < -0.3 is 23.8 Å². The topological polar surface area (TPSA) is 40.2 Å². The van der Waals surface area contributed by atoms with Crippen LogP contribution in [-0.4, -0.2) is 58.1 Å². The second-order valence-electron chi connectivity index (χ2n) is 8.42. The lowest BCUT2D eigenvalue weighted by atomic mass is 9.90. The van der Waals surface area contributed by atoms with Gasteiger partial charge in [-0.3, -0.25) is 0 Å². The predicted octanol–water partition coefficient (Wildman–Crippen LogP) is 5.82. The number of ether oxygens (including phenoxy) is 4. The zero-order valence-corrected chi connectivity index (χ0v) is 22.1. The van der Waals surface area contributed by atoms with Crippen LogP contribution >= 0.6 is 39.9 Å². The van der Waals surface area contributed by atoms with Gasteiger partial charge >= 0.3 is 0 Å². The number of methoxy groups -OCH3 is 1. The van der Waals surface area contributed by atoms with Crippen molar-refractivity contribution < 1.29 is 18.9 Å². The number of fused-ring (bicyclic) bond motifs is 1. The molecule has 1 saturated heterocycles. The molecule has 33 heavy (non-hydrogen) atoms. The van der Waals surface area contributed by atoms with Crippen LogP contribution in [0, 0.1) is 5.92 Å². The van der Waals surface area contributed by atoms with E-state index in [0.29, 0.717) is 32.3 Å². The standard InChI is InChI=1S/C25H31BrClNO4.ClH/c1-29-10-11-30-21-2-3-22(26)20(15-21)14-18-4-7-28(8-5-18)9-6-19-16-24-25(17-23(19)27)32-13-12-31-24;/h2-3,15-18H,4-14H2,1H3;1H. The Bertz CT molecular complexity index is 906. The third-order valence-corrected chi connectivity index (χ3v) is 7.32. The lowest BCUT2D eigenvalue weighted by molar-refractivity contribution is 0.146. The van der Waals surface area contributed by atoms with E-state index in [1.165, 1.54) is 18.4 Å². The summed E-state index contributed by atoms with van der Waals surface area (Å²) in [5.74, 6) is 3.17. The molecule has 2 heterocycles. The molecular weight excluding hydrogens is 529 g/mol. The molecule has 0 unspecified atom stereocenters. The van der Waals surface area contributed by atoms with Crippen molar-refractivity contribution >= 4 is 39.9 Å². The molecule has 2 aliphatic rings. The van der Waals surface area contributed by atoms with E-state index in [9.17, 15) is 0 Å². The van der Waals surface area contributed by atoms with Crippen LogP contribution in [0.4, 0.5) is 0 Å². The van der Waals surface area contributed by atoms with Gasteiger partial charge in [0, 0.05) is 29.2 Å². The fraction of sp³-hybridized carbons (Fsp3) is 0.520. The minimum atomic E-state index is 0. The molecule has 2 aromatic carbocycles. The van der Waals surface area contributed by atoms with Crippen molar-refractivity contribution in [3.05, 3.63) is 51.0 Å². The van der Waals surface area contributed by atoms with E-state index >= 15 is 0 Å². The number of rotatable bonds is 9. The Kier molecular flexibility index (Phi) is 10.5. The maximum absolute atomic E-state index is 6.48. The van der Waals surface area contributed by atoms with Crippen molar-refractivity contribution in [3.8, 4) is 17.2 Å². The minimum Gasteiger partial charge on any atom is -0.491 e. The van der Waals surface area contributed by atoms with Gasteiger partial charge in [0.2, 0.25) is 0 Å². The zero-order chi connectivity index (χ0) is 22.3. The van der Waals surface area contributed by atoms with Crippen LogP contribution in [0.15, 0.2) is 34.8 Å². The number of halogens is 3. The summed E-state index contributed by atoms with van der Waals surface area (Å²) in [6.45, 7) is 5.60. The lowest BCUT2D eigenvalue weighted by Gasteiger charge is -2.32. The summed E-state index contributed by atoms with van der Waals surface area (Å²) >= 11 is 10.2. The molecule has 0 saturated carbocycles. The molecule has 0 atom stereocenters. The molecule has 2 aliphatic heterocycles. The van der Waals surface area contributed by atoms with Crippen LogP contribution < -0.4 is 14.2 Å². The Balaban J connectivity index is 0.00000306. The second kappa shape index (κ2) is 13.1. The Morgan fingerprint density at radius 3 is 2.48 bits per heavy atom. The number of nitrogens with zero attached hydrogens (tertiary/aromatic N) is 1. The number of benzene rings is 2. The normalized spacial score (nSPS) is 16.3. The Morgan fingerprint density at radius 1 is 1.03 bits per heavy atom. The average Bonchev–Trinajstić information content (AvgIpc) is 2.81. The van der Waals surface area contributed by atoms with Crippen LogP contribution in [0.25, 0.3) is 0 Å². The molecule has 0 aliphatic carbocycles. The molecule has 1 fully saturated rings. The first-order valence-electron chi connectivity index (χ1n) is 11.3. The summed E-state index contributed by atoms with van der Waals surface area (Å²) in [7, 11) is 1.69. The van der Waals surface area contributed by atoms with E-state index < -0.39 is 0 Å². The molecule has 182 valence electrons. The van der Waals surface area contributed by atoms with E-state index in [1.54, 1.807) is 7.11 Å². The number of hydrogen-bond donors (Lipinski definition) is 0. The fourth-order valence-corrected chi connectivity index (χ4v) is 5.00. The summed E-state index contributed by atoms with van der Waals surface area (Å²) in [4.78, 5) is 2.54. The SMILES string of the molecule is COCCOc1ccc(Br)c(CC2CCN(CCc3cc4c(cc3Cl)OCCO4)CC2)c1.Cl. The highest BCUT2D eigenvalue weighted by Crippen LogP contribution is 2.36. The fourth-order valence-electron chi connectivity index (χ4n) is 4.34. The molecule has 8 heteroatoms. The summed E-state index contributed by atoms with van der Waals surface area (Å²) < 4.78 is 23.3. The Labute approximate surface area is 216 Å². The maximum atomic E-state index is 6.48. The lowest BCUT2D eigenvalue weighted by Crippen LogP contribution is -2.35. The number of hydrogen-bond acceptors (Lipinski definition) is 5. The van der Waals surface area contributed by atoms with Gasteiger partial charge in [0.05, 0.1) is 6.61 Å². The van der Waals surface area contributed by atoms with Crippen LogP contribution in [0.3, 0.4) is 0 Å². The first kappa shape index (κ1) is 26.4. The van der Waals surface area contributed by atoms with Crippen molar-refractivity contribution in [3.63, 3.8) is 0 Å². The highest BCUT2D eigenvalue weighted by Gasteiger charge is 2.21. The smallest absolute Gasteiger partial charge is 0.162 e. The molecule has 0 spiro atoms. The van der Waals surface area contributed by atoms with Gasteiger partial charge in [-0.2, -0.15) is 0 Å². The third kappa shape index (κ3) is 7.40. The van der Waals surface area contributed by atoms with E-state index in [4.69, 9.17) is 30.5 Å². The first-order chi connectivity index (χ1) is 15.6. The largest absolute Gasteiger partial charge is 0.491 e. The monoisotopic (exact) mass is 559 g/mol. The van der Waals surface area contributed by atoms with E-state index in [0.717, 1.165) is 64.8 Å². The van der Waals surface area contributed by atoms with Gasteiger partial charge in [-0.15, -0.1) is 12.4 Å². The molecular formula is C25H32BrCl2NO4. The average molecular weight is 561 g/mol. The van der Waals surface area contributed by atoms with E-state index in [1.807, 2.05) is 18.2 Å². The Morgan fingerprint density at radius 2 is 1.76 bits per heavy atom. The van der Waals surface area contributed by atoms with E-state index in [-0.39, 0.29) is 12.4 Å². The van der Waals surface area contributed by atoms with Gasteiger partial charge in [0.15, 0.2) is 11.5 Å². The van der Waals surface area contributed by atoms with Crippen LogP contribution in [0.1, 0.15) is 24.0 Å². The molecule has 0 amide bonds. The molecule has 0 N–H and O–H groups in total. The summed E-state index contributed by atoms with van der Waals surface area (Å²) in [5, 5.41) is 0.765. The van der Waals surface area contributed by atoms with Gasteiger partial charge in [0.25, 0.3) is 0 Å². The van der Waals surface area contributed by atoms with E-state index in [2.05, 4.69) is 33.0 Å². The van der Waals surface area contributed by atoms with Crippen LogP contribution in [0.2, 0.25) is 5.02 Å². The van der Waals surface area contributed by atoms with Gasteiger partial charge in [-0.25, -0.2) is 0 Å². The number of likely N-dealkylation sites (tertiary alicyclic amines) is 1. The third-order valence-electron chi connectivity index (χ3n) is 6.20. The minimum absolute atomic E-state index is 0. The van der Waals surface area contributed by atoms with Crippen molar-refractivity contribution in [1.82, 2.24) is 4.90 Å². The van der Waals surface area contributed by atoms with Crippen molar-refractivity contribution in [2.24, 2.45) is 5.92 Å². The van der Waals surface area contributed by atoms with Crippen molar-refractivity contribution in [2.45, 2.75) is 25.7 Å². The molecule has 0 aromatic heterocycles. The van der Waals surface area contributed by atoms with Crippen molar-refractivity contribution in [1.29, 1.82) is 0 Å². The molecule has 0 radical (unpaired) electrons. The van der Waals surface area contributed by atoms with Crippen molar-refractivity contribution in [2.75, 3.05) is 53.2 Å². The van der Waals surface area contributed by atoms with Gasteiger partial charge in [0.1, 0.15) is 25.6 Å². The molecule has 5 nitrogen and oxygen atoms in total. The van der Waals surface area contributed by atoms with Crippen LogP contribution in [0.5, 0.6) is 17.2 Å². The Hall–Kier alpha value is -1.18. The van der Waals surface area contributed by atoms with Crippen LogP contribution in [-0.2, 0) is 17.6 Å². The first-order valence-corrected chi connectivity index (χ1v) is 12.5. The summed E-state index contributed by atoms with van der Waals surface area (Å²) in [5.41, 5.74) is 2.45. The summed E-state index contributed by atoms with van der Waals surface area (Å²) in [6, 6.07) is 10.2. The van der Waals surface area contributed by atoms with Gasteiger partial charge in [-0.1, -0.05) is 27.5 Å². The quantitative estimate of drug-likeness (QED) is 0.361. The zero-order valence-electron chi connectivity index (χ0n) is 19.0. The molecule has 4 rings (SSSR count). The number of piperidine rings is 1. The molecule has 0 bridgehead atoms. The summed E-state index contributed by atoms with van der Waals surface area (Å²) in [6.07, 6.45) is 4.41. The molecule has 2 aromatic rings. The predicted molar refractivity (Wildman–Crippen MR) is 138 cm³/mol. The second-order valence-corrected chi connectivity index (χ2v) is 9.68. The highest BCUT2D eigenvalue weighted by molar-refractivity contribution is 9.10. The maximum Gasteiger partial charge on any atom is 0.162 e. The highest BCUT2D eigenvalue weighted by atomic mass is 79.9.